The topological polar surface area (TPSA) is 71.3 Å². The van der Waals surface area contributed by atoms with Gasteiger partial charge in [0.05, 0.1) is 36.6 Å². The molecule has 0 radical (unpaired) electrons. The number of benzene rings is 3. The van der Waals surface area contributed by atoms with Crippen molar-refractivity contribution in [3.8, 4) is 17.2 Å². The van der Waals surface area contributed by atoms with Crippen molar-refractivity contribution < 1.29 is 23.7 Å². The smallest absolute Gasteiger partial charge is 0.279 e. The molecule has 7 nitrogen and oxygen atoms in total. The normalized spacial score (nSPS) is 11.8. The third-order valence-electron chi connectivity index (χ3n) is 5.59. The Labute approximate surface area is 214 Å². The van der Waals surface area contributed by atoms with Gasteiger partial charge in [-0.2, -0.15) is 4.99 Å². The van der Waals surface area contributed by atoms with Gasteiger partial charge in [0.2, 0.25) is 5.75 Å². The van der Waals surface area contributed by atoms with Gasteiger partial charge in [0, 0.05) is 24.1 Å². The molecule has 1 heterocycles. The van der Waals surface area contributed by atoms with Gasteiger partial charge in [-0.3, -0.25) is 4.79 Å². The second-order valence-electron chi connectivity index (χ2n) is 7.89. The summed E-state index contributed by atoms with van der Waals surface area (Å²) < 4.78 is 26.1. The summed E-state index contributed by atoms with van der Waals surface area (Å²) in [6.07, 6.45) is 0. The lowest BCUT2D eigenvalue weighted by Crippen LogP contribution is -2.19. The Balaban J connectivity index is 1.85. The minimum atomic E-state index is -0.374. The van der Waals surface area contributed by atoms with E-state index in [9.17, 15) is 4.79 Å². The van der Waals surface area contributed by atoms with Crippen molar-refractivity contribution in [2.45, 2.75) is 34.2 Å². The van der Waals surface area contributed by atoms with Crippen LogP contribution in [0.3, 0.4) is 0 Å². The summed E-state index contributed by atoms with van der Waals surface area (Å²) in [6, 6.07) is 15.8. The summed E-state index contributed by atoms with van der Waals surface area (Å²) >= 11 is 1.51. The molecule has 0 aliphatic heterocycles. The average molecular weight is 509 g/mol. The Morgan fingerprint density at radius 2 is 1.58 bits per heavy atom. The number of rotatable bonds is 11. The van der Waals surface area contributed by atoms with Gasteiger partial charge in [0.25, 0.3) is 5.91 Å². The Morgan fingerprint density at radius 3 is 2.25 bits per heavy atom. The third kappa shape index (κ3) is 5.39. The average Bonchev–Trinajstić information content (AvgIpc) is 3.23. The van der Waals surface area contributed by atoms with Gasteiger partial charge in [0.15, 0.2) is 16.3 Å². The molecule has 0 fully saturated rings. The van der Waals surface area contributed by atoms with Crippen LogP contribution in [0.1, 0.15) is 38.1 Å². The number of hydrogen-bond donors (Lipinski definition) is 0. The van der Waals surface area contributed by atoms with Crippen molar-refractivity contribution in [1.82, 2.24) is 4.57 Å². The van der Waals surface area contributed by atoms with Crippen LogP contribution in [0.4, 0.5) is 0 Å². The van der Waals surface area contributed by atoms with Gasteiger partial charge in [-0.15, -0.1) is 0 Å². The van der Waals surface area contributed by atoms with Crippen LogP contribution in [-0.4, -0.2) is 43.5 Å². The largest absolute Gasteiger partial charge is 0.490 e. The molecule has 0 spiro atoms. The lowest BCUT2D eigenvalue weighted by molar-refractivity contribution is 0.0995. The van der Waals surface area contributed by atoms with Crippen LogP contribution >= 0.6 is 11.3 Å². The molecule has 1 amide bonds. The first-order valence-corrected chi connectivity index (χ1v) is 13.2. The van der Waals surface area contributed by atoms with Crippen LogP contribution < -0.4 is 19.0 Å². The van der Waals surface area contributed by atoms with Crippen molar-refractivity contribution in [1.29, 1.82) is 0 Å². The summed E-state index contributed by atoms with van der Waals surface area (Å²) in [5, 5.41) is 2.28. The van der Waals surface area contributed by atoms with E-state index in [0.29, 0.717) is 67.2 Å². The van der Waals surface area contributed by atoms with E-state index in [4.69, 9.17) is 18.9 Å². The molecule has 0 unspecified atom stereocenters. The number of amides is 1. The molecule has 0 bridgehead atoms. The second kappa shape index (κ2) is 12.1. The van der Waals surface area contributed by atoms with Gasteiger partial charge in [-0.05, 0) is 51.3 Å². The molecule has 4 rings (SSSR count). The number of aromatic nitrogens is 1. The van der Waals surface area contributed by atoms with Crippen LogP contribution in [0, 0.1) is 0 Å². The van der Waals surface area contributed by atoms with Gasteiger partial charge in [-0.25, -0.2) is 0 Å². The van der Waals surface area contributed by atoms with Gasteiger partial charge in [0.1, 0.15) is 0 Å². The minimum Gasteiger partial charge on any atom is -0.490 e. The molecule has 0 saturated carbocycles. The highest BCUT2D eigenvalue weighted by Gasteiger charge is 2.19. The maximum atomic E-state index is 13.5. The fourth-order valence-corrected chi connectivity index (χ4v) is 5.25. The van der Waals surface area contributed by atoms with Crippen LogP contribution in [-0.2, 0) is 11.3 Å². The van der Waals surface area contributed by atoms with E-state index in [2.05, 4.69) is 33.8 Å². The van der Waals surface area contributed by atoms with E-state index in [1.807, 2.05) is 39.8 Å². The van der Waals surface area contributed by atoms with E-state index in [1.165, 1.54) is 11.3 Å². The molecule has 0 aliphatic rings. The molecule has 0 saturated heterocycles. The molecule has 0 aliphatic carbocycles. The lowest BCUT2D eigenvalue weighted by Gasteiger charge is -2.16. The highest BCUT2D eigenvalue weighted by Crippen LogP contribution is 2.39. The lowest BCUT2D eigenvalue weighted by atomic mass is 10.1. The zero-order valence-electron chi connectivity index (χ0n) is 21.2. The molecule has 0 atom stereocenters. The highest BCUT2D eigenvalue weighted by atomic mass is 32.1. The SMILES string of the molecule is CCOCCn1c(=NC(=O)c2cc(OCC)c(OCC)c(OCC)c2)sc2c3ccccc3ccc21. The number of hydrogen-bond acceptors (Lipinski definition) is 6. The van der Waals surface area contributed by atoms with Crippen LogP contribution in [0.5, 0.6) is 17.2 Å². The van der Waals surface area contributed by atoms with Gasteiger partial charge < -0.3 is 23.5 Å². The Hall–Kier alpha value is -3.36. The zero-order valence-corrected chi connectivity index (χ0v) is 22.0. The molecule has 3 aromatic carbocycles. The molecular weight excluding hydrogens is 476 g/mol. The fourth-order valence-electron chi connectivity index (χ4n) is 4.06. The molecular formula is C28H32N2O5S. The maximum Gasteiger partial charge on any atom is 0.279 e. The molecule has 1 aromatic heterocycles. The first kappa shape index (κ1) is 25.7. The first-order valence-electron chi connectivity index (χ1n) is 12.3. The van der Waals surface area contributed by atoms with E-state index in [-0.39, 0.29) is 5.91 Å². The molecule has 4 aromatic rings. The number of ether oxygens (including phenoxy) is 4. The van der Waals surface area contributed by atoms with E-state index in [1.54, 1.807) is 12.1 Å². The first-order chi connectivity index (χ1) is 17.6. The van der Waals surface area contributed by atoms with Crippen molar-refractivity contribution in [2.75, 3.05) is 33.0 Å². The second-order valence-corrected chi connectivity index (χ2v) is 8.86. The minimum absolute atomic E-state index is 0.374. The Morgan fingerprint density at radius 1 is 0.889 bits per heavy atom. The monoisotopic (exact) mass is 508 g/mol. The van der Waals surface area contributed by atoms with Crippen LogP contribution in [0.2, 0.25) is 0 Å². The Bertz CT molecular complexity index is 1400. The van der Waals surface area contributed by atoms with Gasteiger partial charge in [-0.1, -0.05) is 41.7 Å². The standard InChI is InChI=1S/C28H32N2O5S/c1-5-32-16-15-30-22-14-13-19-11-9-10-12-21(19)26(22)36-28(30)29-27(31)20-17-23(33-6-2)25(35-8-4)24(18-20)34-7-3/h9-14,17-18H,5-8,15-16H2,1-4H3. The molecule has 0 N–H and O–H groups in total. The fraction of sp³-hybridized carbons (Fsp3) is 0.357. The number of fused-ring (bicyclic) bond motifs is 3. The highest BCUT2D eigenvalue weighted by molar-refractivity contribution is 7.17. The molecule has 190 valence electrons. The summed E-state index contributed by atoms with van der Waals surface area (Å²) in [6.45, 7) is 10.7. The van der Waals surface area contributed by atoms with E-state index < -0.39 is 0 Å². The quantitative estimate of drug-likeness (QED) is 0.238. The molecule has 8 heteroatoms. The predicted molar refractivity (Wildman–Crippen MR) is 144 cm³/mol. The van der Waals surface area contributed by atoms with Crippen molar-refractivity contribution in [2.24, 2.45) is 4.99 Å². The number of carbonyl (C=O) groups excluding carboxylic acids is 1. The number of carbonyl (C=O) groups is 1. The van der Waals surface area contributed by atoms with Crippen LogP contribution in [0.15, 0.2) is 53.5 Å². The summed E-state index contributed by atoms with van der Waals surface area (Å²) in [4.78, 5) is 18.6. The maximum absolute atomic E-state index is 13.5. The van der Waals surface area contributed by atoms with Crippen molar-refractivity contribution in [3.63, 3.8) is 0 Å². The van der Waals surface area contributed by atoms with Crippen molar-refractivity contribution >= 4 is 38.2 Å². The van der Waals surface area contributed by atoms with Crippen molar-refractivity contribution in [3.05, 3.63) is 58.9 Å². The predicted octanol–water partition coefficient (Wildman–Crippen LogP) is 5.83. The number of thiazole rings is 1. The third-order valence-corrected chi connectivity index (χ3v) is 6.72. The van der Waals surface area contributed by atoms with Crippen LogP contribution in [0.25, 0.3) is 21.0 Å². The van der Waals surface area contributed by atoms with E-state index >= 15 is 0 Å². The zero-order chi connectivity index (χ0) is 25.5. The summed E-state index contributed by atoms with van der Waals surface area (Å²) in [7, 11) is 0. The Kier molecular flexibility index (Phi) is 8.61. The number of nitrogens with zero attached hydrogens (tertiary/aromatic N) is 2. The molecule has 36 heavy (non-hydrogen) atoms. The van der Waals surface area contributed by atoms with E-state index in [0.717, 1.165) is 21.0 Å². The summed E-state index contributed by atoms with van der Waals surface area (Å²) in [5.41, 5.74) is 1.41. The van der Waals surface area contributed by atoms with Gasteiger partial charge >= 0.3 is 0 Å². The summed E-state index contributed by atoms with van der Waals surface area (Å²) in [5.74, 6) is 1.06.